The smallest absolute Gasteiger partial charge is 0.200 e. The Morgan fingerprint density at radius 3 is 2.25 bits per heavy atom. The van der Waals surface area contributed by atoms with Crippen LogP contribution in [0.1, 0.15) is 58.9 Å². The standard InChI is InChI=1S/C22H36N2O2SSi/c1-17-11-13-20(14-12-17)27(25,26)24-23-19(3)10-9-15-22(16-18(22)2)28(7,8)21(4,5)6/h11-14,24H,2,9-10,15-16H2,1,3-8H3/b23-19+. The molecule has 1 unspecified atom stereocenters. The lowest BCUT2D eigenvalue weighted by Crippen LogP contribution is -2.43. The zero-order valence-corrected chi connectivity index (χ0v) is 20.3. The average molecular weight is 421 g/mol. The Morgan fingerprint density at radius 2 is 1.79 bits per heavy atom. The van der Waals surface area contributed by atoms with Gasteiger partial charge in [0.1, 0.15) is 0 Å². The molecule has 0 bridgehead atoms. The van der Waals surface area contributed by atoms with Gasteiger partial charge in [-0.05, 0) is 61.7 Å². The lowest BCUT2D eigenvalue weighted by atomic mass is 10.1. The van der Waals surface area contributed by atoms with E-state index in [2.05, 4.69) is 50.4 Å². The van der Waals surface area contributed by atoms with Crippen molar-refractivity contribution in [3.8, 4) is 0 Å². The minimum Gasteiger partial charge on any atom is -0.200 e. The van der Waals surface area contributed by atoms with E-state index >= 15 is 0 Å². The number of aryl methyl sites for hydroxylation is 1. The number of benzene rings is 1. The molecule has 156 valence electrons. The van der Waals surface area contributed by atoms with Crippen LogP contribution < -0.4 is 4.83 Å². The van der Waals surface area contributed by atoms with Gasteiger partial charge in [-0.1, -0.05) is 63.7 Å². The molecule has 0 heterocycles. The fourth-order valence-corrected chi connectivity index (χ4v) is 8.54. The van der Waals surface area contributed by atoms with Crippen molar-refractivity contribution in [1.29, 1.82) is 0 Å². The topological polar surface area (TPSA) is 58.5 Å². The summed E-state index contributed by atoms with van der Waals surface area (Å²) in [6.45, 7) is 20.2. The number of hydrogen-bond acceptors (Lipinski definition) is 3. The highest BCUT2D eigenvalue weighted by Crippen LogP contribution is 2.72. The van der Waals surface area contributed by atoms with Gasteiger partial charge in [-0.25, -0.2) is 4.83 Å². The first-order valence-electron chi connectivity index (χ1n) is 10.0. The average Bonchev–Trinajstić information content (AvgIpc) is 3.24. The normalized spacial score (nSPS) is 21.0. The Morgan fingerprint density at radius 1 is 1.25 bits per heavy atom. The molecule has 28 heavy (non-hydrogen) atoms. The third-order valence-electron chi connectivity index (χ3n) is 6.97. The van der Waals surface area contributed by atoms with Gasteiger partial charge < -0.3 is 0 Å². The number of nitrogens with one attached hydrogen (secondary N) is 1. The van der Waals surface area contributed by atoms with E-state index in [-0.39, 0.29) is 4.90 Å². The van der Waals surface area contributed by atoms with Crippen LogP contribution >= 0.6 is 0 Å². The number of sulfonamides is 1. The predicted molar refractivity (Wildman–Crippen MR) is 122 cm³/mol. The summed E-state index contributed by atoms with van der Waals surface area (Å²) in [7, 11) is -5.11. The number of hydrazone groups is 1. The molecule has 1 aromatic carbocycles. The largest absolute Gasteiger partial charge is 0.276 e. The van der Waals surface area contributed by atoms with Gasteiger partial charge in [0.2, 0.25) is 0 Å². The zero-order valence-electron chi connectivity index (χ0n) is 18.5. The molecule has 1 aliphatic carbocycles. The van der Waals surface area contributed by atoms with Crippen molar-refractivity contribution in [3.63, 3.8) is 0 Å². The molecule has 1 N–H and O–H groups in total. The fourth-order valence-electron chi connectivity index (χ4n) is 3.89. The minimum atomic E-state index is -3.61. The van der Waals surface area contributed by atoms with Crippen molar-refractivity contribution in [1.82, 2.24) is 4.83 Å². The van der Waals surface area contributed by atoms with E-state index in [0.717, 1.165) is 37.0 Å². The lowest BCUT2D eigenvalue weighted by molar-refractivity contribution is 0.584. The maximum atomic E-state index is 12.4. The summed E-state index contributed by atoms with van der Waals surface area (Å²) in [6.07, 6.45) is 4.08. The van der Waals surface area contributed by atoms with Gasteiger partial charge in [-0.2, -0.15) is 13.5 Å². The molecule has 2 rings (SSSR count). The molecule has 0 spiro atoms. The van der Waals surface area contributed by atoms with E-state index in [1.165, 1.54) is 5.57 Å². The molecule has 0 saturated heterocycles. The summed E-state index contributed by atoms with van der Waals surface area (Å²) in [5, 5.41) is 4.79. The van der Waals surface area contributed by atoms with E-state index in [0.29, 0.717) is 10.1 Å². The molecule has 6 heteroatoms. The van der Waals surface area contributed by atoms with Crippen LogP contribution in [0.5, 0.6) is 0 Å². The van der Waals surface area contributed by atoms with Gasteiger partial charge in [-0.3, -0.25) is 0 Å². The van der Waals surface area contributed by atoms with Gasteiger partial charge >= 0.3 is 0 Å². The van der Waals surface area contributed by atoms with Gasteiger partial charge in [0.05, 0.1) is 13.0 Å². The molecule has 0 radical (unpaired) electrons. The Balaban J connectivity index is 1.96. The highest BCUT2D eigenvalue weighted by atomic mass is 32.2. The van der Waals surface area contributed by atoms with E-state index in [1.54, 1.807) is 24.3 Å². The molecule has 1 aromatic rings. The molecule has 0 aromatic heterocycles. The molecule has 0 aliphatic heterocycles. The van der Waals surface area contributed by atoms with Gasteiger partial charge in [-0.15, -0.1) is 0 Å². The molecule has 0 amide bonds. The summed E-state index contributed by atoms with van der Waals surface area (Å²) in [4.78, 5) is 2.61. The highest BCUT2D eigenvalue weighted by Gasteiger charge is 2.61. The first-order chi connectivity index (χ1) is 12.7. The zero-order chi connectivity index (χ0) is 21.4. The molecular formula is C22H36N2O2SSi. The van der Waals surface area contributed by atoms with Gasteiger partial charge in [0, 0.05) is 5.71 Å². The number of rotatable bonds is 8. The first kappa shape index (κ1) is 22.9. The second-order valence-corrected chi connectivity index (χ2v) is 17.2. The highest BCUT2D eigenvalue weighted by molar-refractivity contribution is 7.89. The van der Waals surface area contributed by atoms with E-state index in [4.69, 9.17) is 0 Å². The second kappa shape index (κ2) is 7.79. The lowest BCUT2D eigenvalue weighted by Gasteiger charge is -2.44. The maximum Gasteiger partial charge on any atom is 0.276 e. The Hall–Kier alpha value is -1.40. The van der Waals surface area contributed by atoms with Crippen LogP contribution in [0.3, 0.4) is 0 Å². The van der Waals surface area contributed by atoms with Crippen LogP contribution in [0.25, 0.3) is 0 Å². The van der Waals surface area contributed by atoms with Crippen LogP contribution in [-0.4, -0.2) is 22.2 Å². The van der Waals surface area contributed by atoms with Crippen LogP contribution in [0.15, 0.2) is 46.4 Å². The molecule has 1 fully saturated rings. The van der Waals surface area contributed by atoms with Crippen LogP contribution in [0.4, 0.5) is 0 Å². The van der Waals surface area contributed by atoms with Crippen molar-refractivity contribution in [3.05, 3.63) is 42.0 Å². The minimum absolute atomic E-state index is 0.237. The van der Waals surface area contributed by atoms with Gasteiger partial charge in [0.25, 0.3) is 10.0 Å². The molecule has 1 saturated carbocycles. The molecule has 1 aliphatic rings. The fraction of sp³-hybridized carbons (Fsp3) is 0.591. The molecule has 4 nitrogen and oxygen atoms in total. The van der Waals surface area contributed by atoms with Crippen LogP contribution in [0, 0.1) is 6.92 Å². The van der Waals surface area contributed by atoms with Crippen LogP contribution in [-0.2, 0) is 10.0 Å². The Labute approximate surface area is 172 Å². The number of nitrogens with zero attached hydrogens (tertiary/aromatic N) is 1. The van der Waals surface area contributed by atoms with Crippen molar-refractivity contribution in [2.75, 3.05) is 0 Å². The molecular weight excluding hydrogens is 384 g/mol. The summed E-state index contributed by atoms with van der Waals surface area (Å²) < 4.78 is 24.7. The molecule has 1 atom stereocenters. The van der Waals surface area contributed by atoms with E-state index in [1.807, 2.05) is 13.8 Å². The Kier molecular flexibility index (Phi) is 6.36. The summed E-state index contributed by atoms with van der Waals surface area (Å²) in [5.74, 6) is 0. The third-order valence-corrected chi connectivity index (χ3v) is 15.1. The second-order valence-electron chi connectivity index (χ2n) is 9.85. The van der Waals surface area contributed by atoms with Gasteiger partial charge in [0.15, 0.2) is 0 Å². The number of allylic oxidation sites excluding steroid dienone is 1. The van der Waals surface area contributed by atoms with Crippen molar-refractivity contribution in [2.45, 2.75) is 88.4 Å². The SMILES string of the molecule is C=C1CC1(CCC/C(C)=N/NS(=O)(=O)c1ccc(C)cc1)[Si](C)(C)C(C)(C)C. The van der Waals surface area contributed by atoms with Crippen LogP contribution in [0.2, 0.25) is 23.2 Å². The Bertz CT molecular complexity index is 865. The third kappa shape index (κ3) is 4.59. The summed E-state index contributed by atoms with van der Waals surface area (Å²) in [5.41, 5.74) is 3.25. The first-order valence-corrected chi connectivity index (χ1v) is 14.5. The van der Waals surface area contributed by atoms with E-state index in [9.17, 15) is 8.42 Å². The van der Waals surface area contributed by atoms with E-state index < -0.39 is 18.1 Å². The predicted octanol–water partition coefficient (Wildman–Crippen LogP) is 6.03. The number of hydrogen-bond donors (Lipinski definition) is 1. The maximum absolute atomic E-state index is 12.4. The van der Waals surface area contributed by atoms with Crippen molar-refractivity contribution < 1.29 is 8.42 Å². The summed E-state index contributed by atoms with van der Waals surface area (Å²) >= 11 is 0. The van der Waals surface area contributed by atoms with Crippen molar-refractivity contribution >= 4 is 23.8 Å². The summed E-state index contributed by atoms with van der Waals surface area (Å²) in [6, 6.07) is 6.77. The quantitative estimate of drug-likeness (QED) is 0.242. The van der Waals surface area contributed by atoms with Crippen molar-refractivity contribution in [2.24, 2.45) is 5.10 Å². The monoisotopic (exact) mass is 420 g/mol.